The van der Waals surface area contributed by atoms with Gasteiger partial charge in [0.15, 0.2) is 0 Å². The van der Waals surface area contributed by atoms with Crippen LogP contribution in [0.2, 0.25) is 0 Å². The molecular weight excluding hydrogens is 404 g/mol. The number of oxime groups is 1. The molecule has 10 nitrogen and oxygen atoms in total. The summed E-state index contributed by atoms with van der Waals surface area (Å²) in [5, 5.41) is 24.8. The fourth-order valence-electron chi connectivity index (χ4n) is 2.86. The molecule has 2 rings (SSSR count). The van der Waals surface area contributed by atoms with Gasteiger partial charge in [-0.25, -0.2) is 9.59 Å². The van der Waals surface area contributed by atoms with Crippen molar-refractivity contribution in [2.75, 3.05) is 20.2 Å². The van der Waals surface area contributed by atoms with E-state index in [1.807, 2.05) is 13.0 Å². The lowest BCUT2D eigenvalue weighted by atomic mass is 10.0. The van der Waals surface area contributed by atoms with E-state index in [0.29, 0.717) is 24.1 Å². The highest BCUT2D eigenvalue weighted by molar-refractivity contribution is 6.01. The van der Waals surface area contributed by atoms with Gasteiger partial charge < -0.3 is 20.0 Å². The van der Waals surface area contributed by atoms with Crippen LogP contribution in [0.1, 0.15) is 43.7 Å². The zero-order chi connectivity index (χ0) is 22.8. The second-order valence-electron chi connectivity index (χ2n) is 7.10. The topological polar surface area (TPSA) is 141 Å². The number of carbonyl (C=O) groups is 3. The molecule has 1 aliphatic heterocycles. The Morgan fingerprint density at radius 3 is 2.71 bits per heavy atom. The Morgan fingerprint density at radius 2 is 2.10 bits per heavy atom. The summed E-state index contributed by atoms with van der Waals surface area (Å²) in [6, 6.07) is 7.65. The van der Waals surface area contributed by atoms with Crippen molar-refractivity contribution in [3.05, 3.63) is 35.4 Å². The number of benzene rings is 1. The maximum Gasteiger partial charge on any atom is 0.410 e. The highest BCUT2D eigenvalue weighted by Crippen LogP contribution is 2.19. The number of nitriles is 1. The van der Waals surface area contributed by atoms with Crippen LogP contribution in [0.4, 0.5) is 4.79 Å². The lowest BCUT2D eigenvalue weighted by Crippen LogP contribution is -2.49. The summed E-state index contributed by atoms with van der Waals surface area (Å²) in [6.07, 6.45) is 0.684. The molecule has 1 heterocycles. The first kappa shape index (κ1) is 23.7. The maximum absolute atomic E-state index is 12.3. The van der Waals surface area contributed by atoms with E-state index in [2.05, 4.69) is 10.5 Å². The summed E-state index contributed by atoms with van der Waals surface area (Å²) in [5.74, 6) is -1.67. The van der Waals surface area contributed by atoms with Gasteiger partial charge in [-0.15, -0.1) is 0 Å². The average molecular weight is 430 g/mol. The quantitative estimate of drug-likeness (QED) is 0.540. The van der Waals surface area contributed by atoms with Crippen LogP contribution >= 0.6 is 0 Å². The van der Waals surface area contributed by atoms with Crippen LogP contribution in [0.25, 0.3) is 0 Å². The number of carbonyl (C=O) groups excluding carboxylic acids is 2. The molecule has 10 heteroatoms. The van der Waals surface area contributed by atoms with Gasteiger partial charge in [0, 0.05) is 20.0 Å². The molecule has 0 saturated heterocycles. The van der Waals surface area contributed by atoms with Gasteiger partial charge in [0.1, 0.15) is 12.1 Å². The van der Waals surface area contributed by atoms with Crippen LogP contribution in [-0.4, -0.2) is 66.0 Å². The second-order valence-corrected chi connectivity index (χ2v) is 7.10. The Kier molecular flexibility index (Phi) is 8.81. The van der Waals surface area contributed by atoms with E-state index >= 15 is 0 Å². The summed E-state index contributed by atoms with van der Waals surface area (Å²) in [4.78, 5) is 42.0. The van der Waals surface area contributed by atoms with Crippen LogP contribution < -0.4 is 5.32 Å². The highest BCUT2D eigenvalue weighted by atomic mass is 16.6. The van der Waals surface area contributed by atoms with Crippen molar-refractivity contribution in [2.45, 2.75) is 44.8 Å². The van der Waals surface area contributed by atoms with Crippen molar-refractivity contribution in [3.8, 4) is 6.07 Å². The largest absolute Gasteiger partial charge is 0.480 e. The number of aliphatic carboxylic acids is 1. The molecule has 0 bridgehead atoms. The summed E-state index contributed by atoms with van der Waals surface area (Å²) < 4.78 is 5.02. The number of unbranched alkanes of at least 4 members (excludes halogenated alkanes) is 1. The smallest absolute Gasteiger partial charge is 0.410 e. The third kappa shape index (κ3) is 6.99. The molecule has 0 spiro atoms. The molecule has 2 atom stereocenters. The molecule has 0 fully saturated rings. The van der Waals surface area contributed by atoms with E-state index in [4.69, 9.17) is 14.8 Å². The summed E-state index contributed by atoms with van der Waals surface area (Å²) in [6.45, 7) is 1.89. The molecule has 0 aliphatic carbocycles. The standard InChI is InChI=1S/C21H26N4O6/c1-3-4-9-30-21(29)25(2)18(20(27)28)13-23-19(26)11-16-10-17(24-31-16)15-7-5-14(12-22)6-8-15/h5-8,16,18H,3-4,9-11,13H2,1-2H3,(H,23,26)(H,27,28)/t16?,18-/m0/s1. The van der Waals surface area contributed by atoms with Gasteiger partial charge in [-0.1, -0.05) is 30.6 Å². The van der Waals surface area contributed by atoms with Gasteiger partial charge in [0.05, 0.1) is 30.4 Å². The summed E-state index contributed by atoms with van der Waals surface area (Å²) >= 11 is 0. The Morgan fingerprint density at radius 1 is 1.39 bits per heavy atom. The van der Waals surface area contributed by atoms with Crippen molar-refractivity contribution in [3.63, 3.8) is 0 Å². The Hall–Kier alpha value is -3.61. The number of nitrogens with one attached hydrogen (secondary N) is 1. The summed E-state index contributed by atoms with van der Waals surface area (Å²) in [5.41, 5.74) is 2.00. The minimum Gasteiger partial charge on any atom is -0.480 e. The summed E-state index contributed by atoms with van der Waals surface area (Å²) in [7, 11) is 1.32. The van der Waals surface area contributed by atoms with Gasteiger partial charge in [-0.3, -0.25) is 9.69 Å². The van der Waals surface area contributed by atoms with Crippen LogP contribution in [0.5, 0.6) is 0 Å². The molecule has 1 aromatic rings. The molecule has 166 valence electrons. The Bertz CT molecular complexity index is 862. The molecule has 0 radical (unpaired) electrons. The fourth-order valence-corrected chi connectivity index (χ4v) is 2.86. The number of rotatable bonds is 10. The molecule has 1 unspecified atom stereocenters. The third-order valence-electron chi connectivity index (χ3n) is 4.75. The van der Waals surface area contributed by atoms with Crippen molar-refractivity contribution in [1.29, 1.82) is 5.26 Å². The highest BCUT2D eigenvalue weighted by Gasteiger charge is 2.29. The molecule has 0 aromatic heterocycles. The maximum atomic E-state index is 12.3. The van der Waals surface area contributed by atoms with Gasteiger partial charge in [0.2, 0.25) is 5.91 Å². The molecule has 0 saturated carbocycles. The van der Waals surface area contributed by atoms with Crippen molar-refractivity contribution in [1.82, 2.24) is 10.2 Å². The fraction of sp³-hybridized carbons (Fsp3) is 0.476. The number of amides is 2. The van der Waals surface area contributed by atoms with E-state index < -0.39 is 30.1 Å². The van der Waals surface area contributed by atoms with Crippen molar-refractivity contribution < 1.29 is 29.1 Å². The van der Waals surface area contributed by atoms with Crippen LogP contribution in [-0.2, 0) is 19.2 Å². The van der Waals surface area contributed by atoms with E-state index in [1.54, 1.807) is 24.3 Å². The molecule has 2 amide bonds. The predicted molar refractivity (Wildman–Crippen MR) is 110 cm³/mol. The zero-order valence-electron chi connectivity index (χ0n) is 17.5. The first-order valence-electron chi connectivity index (χ1n) is 9.98. The Balaban J connectivity index is 1.81. The van der Waals surface area contributed by atoms with Crippen molar-refractivity contribution in [2.24, 2.45) is 5.16 Å². The first-order valence-corrected chi connectivity index (χ1v) is 9.98. The number of hydrogen-bond donors (Lipinski definition) is 2. The second kappa shape index (κ2) is 11.5. The number of hydrogen-bond acceptors (Lipinski definition) is 7. The minimum atomic E-state index is -1.26. The van der Waals surface area contributed by atoms with Gasteiger partial charge in [0.25, 0.3) is 0 Å². The monoisotopic (exact) mass is 430 g/mol. The van der Waals surface area contributed by atoms with Gasteiger partial charge in [-0.2, -0.15) is 5.26 Å². The average Bonchev–Trinajstić information content (AvgIpc) is 3.22. The van der Waals surface area contributed by atoms with Crippen LogP contribution in [0.3, 0.4) is 0 Å². The molecule has 1 aliphatic rings. The number of nitrogens with zero attached hydrogens (tertiary/aromatic N) is 3. The third-order valence-corrected chi connectivity index (χ3v) is 4.75. The van der Waals surface area contributed by atoms with E-state index in [9.17, 15) is 19.5 Å². The lowest BCUT2D eigenvalue weighted by molar-refractivity contribution is -0.142. The van der Waals surface area contributed by atoms with E-state index in [-0.39, 0.29) is 19.6 Å². The number of carboxylic acids is 1. The van der Waals surface area contributed by atoms with Crippen molar-refractivity contribution >= 4 is 23.7 Å². The normalized spacial score (nSPS) is 15.8. The number of ether oxygens (including phenoxy) is 1. The molecule has 31 heavy (non-hydrogen) atoms. The van der Waals surface area contributed by atoms with Crippen LogP contribution in [0.15, 0.2) is 29.4 Å². The zero-order valence-corrected chi connectivity index (χ0v) is 17.5. The molecule has 1 aromatic carbocycles. The number of carboxylic acid groups (broad SMARTS) is 1. The molecular formula is C21H26N4O6. The van der Waals surface area contributed by atoms with E-state index in [0.717, 1.165) is 16.9 Å². The SMILES string of the molecule is CCCCOC(=O)N(C)[C@@H](CNC(=O)CC1CC(c2ccc(C#N)cc2)=NO1)C(=O)O. The lowest BCUT2D eigenvalue weighted by Gasteiger charge is -2.24. The van der Waals surface area contributed by atoms with E-state index in [1.165, 1.54) is 7.05 Å². The Labute approximate surface area is 180 Å². The minimum absolute atomic E-state index is 0.0136. The van der Waals surface area contributed by atoms with Crippen LogP contribution in [0, 0.1) is 11.3 Å². The first-order chi connectivity index (χ1) is 14.8. The molecule has 2 N–H and O–H groups in total. The number of likely N-dealkylation sites (N-methyl/N-ethyl adjacent to an activating group) is 1. The van der Waals surface area contributed by atoms with Gasteiger partial charge >= 0.3 is 12.1 Å². The van der Waals surface area contributed by atoms with Gasteiger partial charge in [-0.05, 0) is 24.1 Å². The predicted octanol–water partition coefficient (Wildman–Crippen LogP) is 1.88.